The SMILES string of the molecule is CC(C)OCCCNC1CC(c2cccc(Cl)c2)C1. The fourth-order valence-corrected chi connectivity index (χ4v) is 2.71. The third-order valence-corrected chi connectivity index (χ3v) is 3.90. The minimum Gasteiger partial charge on any atom is -0.379 e. The van der Waals surface area contributed by atoms with Gasteiger partial charge in [0.1, 0.15) is 0 Å². The highest BCUT2D eigenvalue weighted by Crippen LogP contribution is 2.37. The molecule has 1 aliphatic rings. The lowest BCUT2D eigenvalue weighted by Crippen LogP contribution is -2.40. The van der Waals surface area contributed by atoms with E-state index in [-0.39, 0.29) is 0 Å². The minimum atomic E-state index is 0.343. The van der Waals surface area contributed by atoms with Gasteiger partial charge in [-0.15, -0.1) is 0 Å². The Morgan fingerprint density at radius 2 is 2.16 bits per heavy atom. The zero-order valence-corrected chi connectivity index (χ0v) is 12.6. The number of ether oxygens (including phenoxy) is 1. The molecule has 1 N–H and O–H groups in total. The standard InChI is InChI=1S/C16H24ClNO/c1-12(2)19-8-4-7-18-16-10-14(11-16)13-5-3-6-15(17)9-13/h3,5-6,9,12,14,16,18H,4,7-8,10-11H2,1-2H3. The third-order valence-electron chi connectivity index (χ3n) is 3.66. The molecular formula is C16H24ClNO. The summed E-state index contributed by atoms with van der Waals surface area (Å²) in [6.45, 7) is 6.07. The van der Waals surface area contributed by atoms with Crippen LogP contribution in [0.1, 0.15) is 44.6 Å². The van der Waals surface area contributed by atoms with E-state index in [0.717, 1.165) is 24.6 Å². The highest BCUT2D eigenvalue weighted by atomic mass is 35.5. The second-order valence-electron chi connectivity index (χ2n) is 5.65. The lowest BCUT2D eigenvalue weighted by molar-refractivity contribution is 0.0760. The summed E-state index contributed by atoms with van der Waals surface area (Å²) in [5.41, 5.74) is 1.38. The van der Waals surface area contributed by atoms with Gasteiger partial charge in [-0.25, -0.2) is 0 Å². The highest BCUT2D eigenvalue weighted by molar-refractivity contribution is 6.30. The zero-order valence-electron chi connectivity index (χ0n) is 11.9. The van der Waals surface area contributed by atoms with Crippen molar-refractivity contribution in [2.24, 2.45) is 0 Å². The number of halogens is 1. The van der Waals surface area contributed by atoms with Gasteiger partial charge in [0.15, 0.2) is 0 Å². The number of nitrogens with one attached hydrogen (secondary N) is 1. The van der Waals surface area contributed by atoms with Crippen molar-refractivity contribution in [2.75, 3.05) is 13.2 Å². The van der Waals surface area contributed by atoms with Crippen molar-refractivity contribution in [2.45, 2.75) is 51.2 Å². The molecule has 1 saturated carbocycles. The molecule has 0 spiro atoms. The van der Waals surface area contributed by atoms with Crippen LogP contribution >= 0.6 is 11.6 Å². The van der Waals surface area contributed by atoms with Crippen LogP contribution in [0, 0.1) is 0 Å². The van der Waals surface area contributed by atoms with Crippen LogP contribution in [0.15, 0.2) is 24.3 Å². The van der Waals surface area contributed by atoms with Crippen LogP contribution in [0.5, 0.6) is 0 Å². The Balaban J connectivity index is 1.59. The first-order valence-corrected chi connectivity index (χ1v) is 7.63. The van der Waals surface area contributed by atoms with Crippen molar-refractivity contribution < 1.29 is 4.74 Å². The van der Waals surface area contributed by atoms with Crippen LogP contribution in [0.2, 0.25) is 5.02 Å². The van der Waals surface area contributed by atoms with Gasteiger partial charge in [-0.2, -0.15) is 0 Å². The predicted octanol–water partition coefficient (Wildman–Crippen LogP) is 3.99. The quantitative estimate of drug-likeness (QED) is 0.763. The second kappa shape index (κ2) is 7.28. The molecule has 0 bridgehead atoms. The van der Waals surface area contributed by atoms with Gasteiger partial charge in [0.2, 0.25) is 0 Å². The van der Waals surface area contributed by atoms with E-state index < -0.39 is 0 Å². The summed E-state index contributed by atoms with van der Waals surface area (Å²) in [5, 5.41) is 4.44. The maximum Gasteiger partial charge on any atom is 0.0518 e. The van der Waals surface area contributed by atoms with Gasteiger partial charge < -0.3 is 10.1 Å². The Morgan fingerprint density at radius 3 is 2.84 bits per heavy atom. The normalized spacial score (nSPS) is 22.5. The van der Waals surface area contributed by atoms with E-state index in [1.807, 2.05) is 12.1 Å². The summed E-state index contributed by atoms with van der Waals surface area (Å²) in [6.07, 6.45) is 3.89. The molecular weight excluding hydrogens is 258 g/mol. The van der Waals surface area contributed by atoms with E-state index in [0.29, 0.717) is 18.1 Å². The van der Waals surface area contributed by atoms with E-state index in [1.165, 1.54) is 18.4 Å². The van der Waals surface area contributed by atoms with Gasteiger partial charge in [-0.3, -0.25) is 0 Å². The maximum absolute atomic E-state index is 6.02. The molecule has 0 aliphatic heterocycles. The number of rotatable bonds is 7. The first-order valence-electron chi connectivity index (χ1n) is 7.25. The molecule has 0 radical (unpaired) electrons. The topological polar surface area (TPSA) is 21.3 Å². The molecule has 0 amide bonds. The first kappa shape index (κ1) is 14.8. The molecule has 2 nitrogen and oxygen atoms in total. The Morgan fingerprint density at radius 1 is 1.37 bits per heavy atom. The molecule has 0 unspecified atom stereocenters. The highest BCUT2D eigenvalue weighted by Gasteiger charge is 2.29. The molecule has 1 aromatic carbocycles. The summed E-state index contributed by atoms with van der Waals surface area (Å²) in [7, 11) is 0. The lowest BCUT2D eigenvalue weighted by atomic mass is 9.76. The van der Waals surface area contributed by atoms with Crippen molar-refractivity contribution in [1.82, 2.24) is 5.32 Å². The number of benzene rings is 1. The van der Waals surface area contributed by atoms with Crippen molar-refractivity contribution in [1.29, 1.82) is 0 Å². The van der Waals surface area contributed by atoms with E-state index in [4.69, 9.17) is 16.3 Å². The summed E-state index contributed by atoms with van der Waals surface area (Å²) < 4.78 is 5.52. The third kappa shape index (κ3) is 4.79. The maximum atomic E-state index is 6.02. The number of hydrogen-bond donors (Lipinski definition) is 1. The van der Waals surface area contributed by atoms with Crippen molar-refractivity contribution in [3.63, 3.8) is 0 Å². The van der Waals surface area contributed by atoms with Crippen molar-refractivity contribution in [3.05, 3.63) is 34.9 Å². The minimum absolute atomic E-state index is 0.343. The van der Waals surface area contributed by atoms with Gasteiger partial charge in [-0.1, -0.05) is 23.7 Å². The molecule has 0 aromatic heterocycles. The second-order valence-corrected chi connectivity index (χ2v) is 6.08. The van der Waals surface area contributed by atoms with Gasteiger partial charge >= 0.3 is 0 Å². The lowest BCUT2D eigenvalue weighted by Gasteiger charge is -2.36. The first-order chi connectivity index (χ1) is 9.15. The summed E-state index contributed by atoms with van der Waals surface area (Å²) in [5.74, 6) is 0.683. The van der Waals surface area contributed by atoms with Gasteiger partial charge in [0, 0.05) is 17.7 Å². The average molecular weight is 282 g/mol. The molecule has 1 aromatic rings. The molecule has 0 atom stereocenters. The molecule has 106 valence electrons. The molecule has 3 heteroatoms. The van der Waals surface area contributed by atoms with Crippen molar-refractivity contribution in [3.8, 4) is 0 Å². The van der Waals surface area contributed by atoms with Gasteiger partial charge in [0.25, 0.3) is 0 Å². The van der Waals surface area contributed by atoms with Crippen LogP contribution in [0.3, 0.4) is 0 Å². The molecule has 19 heavy (non-hydrogen) atoms. The Labute approximate surface area is 121 Å². The fourth-order valence-electron chi connectivity index (χ4n) is 2.51. The van der Waals surface area contributed by atoms with Gasteiger partial charge in [0.05, 0.1) is 6.10 Å². The molecule has 1 aliphatic carbocycles. The smallest absolute Gasteiger partial charge is 0.0518 e. The largest absolute Gasteiger partial charge is 0.379 e. The van der Waals surface area contributed by atoms with Gasteiger partial charge in [-0.05, 0) is 63.3 Å². The molecule has 2 rings (SSSR count). The van der Waals surface area contributed by atoms with E-state index in [1.54, 1.807) is 0 Å². The van der Waals surface area contributed by atoms with Crippen LogP contribution < -0.4 is 5.32 Å². The summed E-state index contributed by atoms with van der Waals surface area (Å²) >= 11 is 6.02. The summed E-state index contributed by atoms with van der Waals surface area (Å²) in [4.78, 5) is 0. The zero-order chi connectivity index (χ0) is 13.7. The van der Waals surface area contributed by atoms with Crippen LogP contribution in [-0.4, -0.2) is 25.3 Å². The van der Waals surface area contributed by atoms with E-state index in [9.17, 15) is 0 Å². The molecule has 0 heterocycles. The monoisotopic (exact) mass is 281 g/mol. The Bertz CT molecular complexity index is 388. The van der Waals surface area contributed by atoms with Crippen LogP contribution in [0.4, 0.5) is 0 Å². The molecule has 0 saturated heterocycles. The Kier molecular flexibility index (Phi) is 5.68. The average Bonchev–Trinajstić information content (AvgIpc) is 2.30. The predicted molar refractivity (Wildman–Crippen MR) is 80.9 cm³/mol. The van der Waals surface area contributed by atoms with E-state index in [2.05, 4.69) is 31.3 Å². The molecule has 1 fully saturated rings. The van der Waals surface area contributed by atoms with Crippen LogP contribution in [-0.2, 0) is 4.74 Å². The summed E-state index contributed by atoms with van der Waals surface area (Å²) in [6, 6.07) is 8.93. The van der Waals surface area contributed by atoms with Crippen LogP contribution in [0.25, 0.3) is 0 Å². The van der Waals surface area contributed by atoms with Crippen molar-refractivity contribution >= 4 is 11.6 Å². The fraction of sp³-hybridized carbons (Fsp3) is 0.625. The Hall–Kier alpha value is -0.570. The number of hydrogen-bond acceptors (Lipinski definition) is 2. The van der Waals surface area contributed by atoms with E-state index >= 15 is 0 Å².